The third kappa shape index (κ3) is 6.11. The van der Waals surface area contributed by atoms with Crippen LogP contribution in [0, 0.1) is 17.8 Å². The molecule has 1 aliphatic heterocycles. The molecule has 0 radical (unpaired) electrons. The SMILES string of the molecule is O=C(Nc1ccc(CN2CCN(C(=O)C3CC3)CC2)c(C(F)(F)F)c1)c1cncc(C#Cc2cnc3cccnn23)c1. The van der Waals surface area contributed by atoms with Gasteiger partial charge >= 0.3 is 6.18 Å². The number of rotatable bonds is 5. The summed E-state index contributed by atoms with van der Waals surface area (Å²) in [6.45, 7) is 2.14. The lowest BCUT2D eigenvalue weighted by atomic mass is 10.0. The molecule has 0 atom stereocenters. The van der Waals surface area contributed by atoms with Crippen molar-refractivity contribution < 1.29 is 22.8 Å². The number of fused-ring (bicyclic) bond motifs is 1. The molecule has 1 saturated carbocycles. The zero-order chi connectivity index (χ0) is 29.3. The molecule has 4 aromatic rings. The number of carbonyl (C=O) groups is 2. The van der Waals surface area contributed by atoms with Crippen molar-refractivity contribution in [2.24, 2.45) is 5.92 Å². The van der Waals surface area contributed by atoms with Gasteiger partial charge in [-0.3, -0.25) is 19.5 Å². The number of piperazine rings is 1. The van der Waals surface area contributed by atoms with Crippen molar-refractivity contribution in [3.05, 3.63) is 89.1 Å². The highest BCUT2D eigenvalue weighted by atomic mass is 19.4. The van der Waals surface area contributed by atoms with Crippen molar-refractivity contribution in [1.29, 1.82) is 0 Å². The second kappa shape index (κ2) is 11.3. The van der Waals surface area contributed by atoms with Gasteiger partial charge in [0, 0.05) is 68.5 Å². The number of carbonyl (C=O) groups excluding carboxylic acids is 2. The molecule has 0 unspecified atom stereocenters. The molecular weight excluding hydrogens is 547 g/mol. The van der Waals surface area contributed by atoms with Gasteiger partial charge in [-0.1, -0.05) is 12.0 Å². The number of alkyl halides is 3. The van der Waals surface area contributed by atoms with Crippen molar-refractivity contribution in [1.82, 2.24) is 29.4 Å². The molecule has 4 heterocycles. The summed E-state index contributed by atoms with van der Waals surface area (Å²) in [5.41, 5.74) is 1.10. The van der Waals surface area contributed by atoms with Crippen molar-refractivity contribution in [2.75, 3.05) is 31.5 Å². The molecule has 2 aliphatic rings. The number of hydrogen-bond donors (Lipinski definition) is 1. The van der Waals surface area contributed by atoms with E-state index in [2.05, 4.69) is 32.2 Å². The molecule has 1 aliphatic carbocycles. The zero-order valence-corrected chi connectivity index (χ0v) is 22.4. The van der Waals surface area contributed by atoms with Gasteiger partial charge in [-0.15, -0.1) is 0 Å². The maximum atomic E-state index is 14.0. The van der Waals surface area contributed by atoms with Crippen molar-refractivity contribution in [2.45, 2.75) is 25.6 Å². The Morgan fingerprint density at radius 1 is 1.00 bits per heavy atom. The predicted molar refractivity (Wildman–Crippen MR) is 147 cm³/mol. The third-order valence-corrected chi connectivity index (χ3v) is 7.29. The van der Waals surface area contributed by atoms with Crippen LogP contribution < -0.4 is 5.32 Å². The minimum atomic E-state index is -4.61. The summed E-state index contributed by atoms with van der Waals surface area (Å²) in [6, 6.07) is 8.88. The number of pyridine rings is 1. The average molecular weight is 574 g/mol. The molecular formula is C30H26F3N7O2. The first-order valence-electron chi connectivity index (χ1n) is 13.5. The molecule has 0 spiro atoms. The maximum absolute atomic E-state index is 14.0. The second-order valence-electron chi connectivity index (χ2n) is 10.3. The van der Waals surface area contributed by atoms with Gasteiger partial charge in [-0.05, 0) is 54.7 Å². The number of aromatic nitrogens is 4. The number of imidazole rings is 1. The standard InChI is InChI=1S/C30H26F3N7O2/c31-30(32,33)26-15-24(7-6-22(26)19-38-10-12-39(13-11-38)29(42)21-4-5-21)37-28(41)23-14-20(16-34-17-23)3-8-25-18-35-27-2-1-9-36-40(25)27/h1-2,6-7,9,14-18,21H,4-5,10-13,19H2,(H,37,41). The van der Waals surface area contributed by atoms with E-state index >= 15 is 0 Å². The van der Waals surface area contributed by atoms with Gasteiger partial charge in [0.15, 0.2) is 5.65 Å². The van der Waals surface area contributed by atoms with Gasteiger partial charge in [0.25, 0.3) is 5.91 Å². The van der Waals surface area contributed by atoms with Gasteiger partial charge < -0.3 is 10.2 Å². The Morgan fingerprint density at radius 2 is 1.81 bits per heavy atom. The van der Waals surface area contributed by atoms with Crippen LogP contribution in [0.15, 0.2) is 61.2 Å². The molecule has 2 amide bonds. The van der Waals surface area contributed by atoms with Crippen LogP contribution in [0.2, 0.25) is 0 Å². The predicted octanol–water partition coefficient (Wildman–Crippen LogP) is 3.85. The maximum Gasteiger partial charge on any atom is 0.416 e. The molecule has 2 fully saturated rings. The topological polar surface area (TPSA) is 95.7 Å². The monoisotopic (exact) mass is 573 g/mol. The lowest BCUT2D eigenvalue weighted by Gasteiger charge is -2.35. The number of hydrogen-bond acceptors (Lipinski definition) is 6. The highest BCUT2D eigenvalue weighted by molar-refractivity contribution is 6.04. The van der Waals surface area contributed by atoms with Crippen LogP contribution in [0.5, 0.6) is 0 Å². The first-order chi connectivity index (χ1) is 20.2. The summed E-state index contributed by atoms with van der Waals surface area (Å²) in [5.74, 6) is 5.54. The minimum absolute atomic E-state index is 0.0178. The fourth-order valence-corrected chi connectivity index (χ4v) is 4.90. The van der Waals surface area contributed by atoms with E-state index in [1.54, 1.807) is 29.0 Å². The number of anilines is 1. The summed E-state index contributed by atoms with van der Waals surface area (Å²) in [6.07, 6.45) is 3.25. The molecule has 214 valence electrons. The molecule has 6 rings (SSSR count). The Kier molecular flexibility index (Phi) is 7.34. The largest absolute Gasteiger partial charge is 0.416 e. The number of nitrogens with zero attached hydrogens (tertiary/aromatic N) is 6. The van der Waals surface area contributed by atoms with E-state index in [0.717, 1.165) is 18.9 Å². The lowest BCUT2D eigenvalue weighted by molar-refractivity contribution is -0.138. The van der Waals surface area contributed by atoms with Crippen molar-refractivity contribution >= 4 is 23.1 Å². The number of amides is 2. The van der Waals surface area contributed by atoms with Crippen LogP contribution in [-0.4, -0.2) is 67.4 Å². The van der Waals surface area contributed by atoms with Gasteiger partial charge in [-0.25, -0.2) is 9.50 Å². The highest BCUT2D eigenvalue weighted by Crippen LogP contribution is 2.35. The third-order valence-electron chi connectivity index (χ3n) is 7.29. The average Bonchev–Trinajstić information content (AvgIpc) is 3.76. The number of benzene rings is 1. The molecule has 1 N–H and O–H groups in total. The summed E-state index contributed by atoms with van der Waals surface area (Å²) in [4.78, 5) is 37.2. The Morgan fingerprint density at radius 3 is 2.57 bits per heavy atom. The second-order valence-corrected chi connectivity index (χ2v) is 10.3. The van der Waals surface area contributed by atoms with Crippen LogP contribution in [0.3, 0.4) is 0 Å². The van der Waals surface area contributed by atoms with E-state index in [0.29, 0.717) is 43.1 Å². The summed E-state index contributed by atoms with van der Waals surface area (Å²) >= 11 is 0. The molecule has 3 aromatic heterocycles. The van der Waals surface area contributed by atoms with E-state index in [1.165, 1.54) is 30.6 Å². The Labute approximate surface area is 239 Å². The van der Waals surface area contributed by atoms with E-state index < -0.39 is 17.6 Å². The number of nitrogens with one attached hydrogen (secondary N) is 1. The molecule has 9 nitrogen and oxygen atoms in total. The summed E-state index contributed by atoms with van der Waals surface area (Å²) < 4.78 is 43.7. The Hall–Kier alpha value is -4.76. The summed E-state index contributed by atoms with van der Waals surface area (Å²) in [5, 5.41) is 6.75. The first-order valence-corrected chi connectivity index (χ1v) is 13.5. The van der Waals surface area contributed by atoms with Crippen molar-refractivity contribution in [3.63, 3.8) is 0 Å². The minimum Gasteiger partial charge on any atom is -0.340 e. The van der Waals surface area contributed by atoms with Gasteiger partial charge in [0.05, 0.1) is 17.3 Å². The molecule has 12 heteroatoms. The lowest BCUT2D eigenvalue weighted by Crippen LogP contribution is -2.48. The molecule has 0 bridgehead atoms. The Balaban J connectivity index is 1.14. The van der Waals surface area contributed by atoms with Crippen LogP contribution in [-0.2, 0) is 17.5 Å². The van der Waals surface area contributed by atoms with Gasteiger partial charge in [0.1, 0.15) is 5.69 Å². The molecule has 42 heavy (non-hydrogen) atoms. The zero-order valence-electron chi connectivity index (χ0n) is 22.4. The van der Waals surface area contributed by atoms with E-state index in [1.807, 2.05) is 9.80 Å². The molecule has 1 saturated heterocycles. The van der Waals surface area contributed by atoms with Crippen LogP contribution in [0.1, 0.15) is 45.6 Å². The Bertz CT molecular complexity index is 1710. The van der Waals surface area contributed by atoms with Crippen molar-refractivity contribution in [3.8, 4) is 11.8 Å². The van der Waals surface area contributed by atoms with Crippen LogP contribution in [0.4, 0.5) is 18.9 Å². The fourth-order valence-electron chi connectivity index (χ4n) is 4.90. The van der Waals surface area contributed by atoms with E-state index in [9.17, 15) is 22.8 Å². The normalized spacial score (nSPS) is 15.7. The first kappa shape index (κ1) is 27.4. The van der Waals surface area contributed by atoms with Crippen LogP contribution in [0.25, 0.3) is 5.65 Å². The molecule has 1 aromatic carbocycles. The quantitative estimate of drug-likeness (QED) is 0.365. The highest BCUT2D eigenvalue weighted by Gasteiger charge is 2.36. The van der Waals surface area contributed by atoms with E-state index in [4.69, 9.17) is 0 Å². The van der Waals surface area contributed by atoms with E-state index in [-0.39, 0.29) is 35.2 Å². The van der Waals surface area contributed by atoms with Crippen LogP contribution >= 0.6 is 0 Å². The summed E-state index contributed by atoms with van der Waals surface area (Å²) in [7, 11) is 0. The number of halogens is 3. The van der Waals surface area contributed by atoms with Gasteiger partial charge in [0.2, 0.25) is 5.91 Å². The smallest absolute Gasteiger partial charge is 0.340 e. The van der Waals surface area contributed by atoms with Gasteiger partial charge in [-0.2, -0.15) is 18.3 Å². The fraction of sp³-hybridized carbons (Fsp3) is 0.300.